The topological polar surface area (TPSA) is 103 Å². The van der Waals surface area contributed by atoms with Crippen LogP contribution in [-0.2, 0) is 7.05 Å². The summed E-state index contributed by atoms with van der Waals surface area (Å²) in [5.74, 6) is -0.924. The number of fused-ring (bicyclic) bond motifs is 2. The molecule has 148 valence electrons. The van der Waals surface area contributed by atoms with E-state index >= 15 is 0 Å². The minimum absolute atomic E-state index is 0.136. The molecule has 0 amide bonds. The third-order valence-electron chi connectivity index (χ3n) is 4.80. The number of hydrogen-bond donors (Lipinski definition) is 1. The number of nitrogens with zero attached hydrogens (tertiary/aromatic N) is 4. The molecule has 0 aliphatic rings. The summed E-state index contributed by atoms with van der Waals surface area (Å²) < 4.78 is 20.4. The van der Waals surface area contributed by atoms with Crippen LogP contribution in [-0.4, -0.2) is 23.5 Å². The summed E-state index contributed by atoms with van der Waals surface area (Å²) in [6, 6.07) is 12.7. The average Bonchev–Trinajstić information content (AvgIpc) is 3.15. The van der Waals surface area contributed by atoms with E-state index in [4.69, 9.17) is 0 Å². The van der Waals surface area contributed by atoms with Gasteiger partial charge in [-0.3, -0.25) is 14.2 Å². The summed E-state index contributed by atoms with van der Waals surface area (Å²) in [5.41, 5.74) is -0.0757. The number of rotatable bonds is 2. The van der Waals surface area contributed by atoms with E-state index in [0.29, 0.717) is 22.1 Å². The van der Waals surface area contributed by atoms with E-state index < -0.39 is 22.8 Å². The summed E-state index contributed by atoms with van der Waals surface area (Å²) in [4.78, 5) is 44.6. The van der Waals surface area contributed by atoms with Gasteiger partial charge in [-0.1, -0.05) is 12.1 Å². The van der Waals surface area contributed by atoms with Gasteiger partial charge in [-0.2, -0.15) is 8.76 Å². The molecule has 10 heteroatoms. The van der Waals surface area contributed by atoms with Crippen molar-refractivity contribution in [1.29, 1.82) is 0 Å². The first-order chi connectivity index (χ1) is 14.4. The second-order valence-electron chi connectivity index (χ2n) is 6.63. The summed E-state index contributed by atoms with van der Waals surface area (Å²) in [6.07, 6.45) is 0. The first-order valence-corrected chi connectivity index (χ1v) is 9.59. The van der Waals surface area contributed by atoms with Gasteiger partial charge in [0.2, 0.25) is 5.95 Å². The van der Waals surface area contributed by atoms with E-state index in [1.54, 1.807) is 36.4 Å². The van der Waals surface area contributed by atoms with Crippen molar-refractivity contribution in [3.63, 3.8) is 0 Å². The Morgan fingerprint density at radius 1 is 1.03 bits per heavy atom. The maximum Gasteiger partial charge on any atom is 0.337 e. The zero-order valence-electron chi connectivity index (χ0n) is 15.4. The lowest BCUT2D eigenvalue weighted by Crippen LogP contribution is -2.38. The first kappa shape index (κ1) is 18.1. The highest BCUT2D eigenvalue weighted by Crippen LogP contribution is 2.30. The predicted molar refractivity (Wildman–Crippen MR) is 112 cm³/mol. The lowest BCUT2D eigenvalue weighted by Gasteiger charge is -2.08. The normalized spacial score (nSPS) is 11.4. The molecule has 30 heavy (non-hydrogen) atoms. The average molecular weight is 421 g/mol. The molecule has 0 aliphatic carbocycles. The Bertz CT molecular complexity index is 1650. The Morgan fingerprint density at radius 3 is 2.67 bits per heavy atom. The number of H-pyrrole nitrogens is 1. The number of aromatic nitrogens is 5. The Morgan fingerprint density at radius 2 is 1.83 bits per heavy atom. The maximum atomic E-state index is 13.7. The summed E-state index contributed by atoms with van der Waals surface area (Å²) in [6.45, 7) is 0. The van der Waals surface area contributed by atoms with Gasteiger partial charge in [0.05, 0.1) is 27.5 Å². The number of halogens is 1. The Labute approximate surface area is 170 Å². The Kier molecular flexibility index (Phi) is 3.97. The number of hydrogen-bond acceptors (Lipinski definition) is 6. The van der Waals surface area contributed by atoms with Crippen LogP contribution in [0.4, 0.5) is 4.39 Å². The Balaban J connectivity index is 1.78. The van der Waals surface area contributed by atoms with Crippen molar-refractivity contribution in [2.45, 2.75) is 0 Å². The molecule has 5 rings (SSSR count). The van der Waals surface area contributed by atoms with Crippen LogP contribution >= 0.6 is 11.5 Å². The van der Waals surface area contributed by atoms with Gasteiger partial charge in [0.1, 0.15) is 5.69 Å². The van der Waals surface area contributed by atoms with Gasteiger partial charge < -0.3 is 4.98 Å². The quantitative estimate of drug-likeness (QED) is 0.440. The van der Waals surface area contributed by atoms with Crippen LogP contribution in [0.25, 0.3) is 38.2 Å². The van der Waals surface area contributed by atoms with Gasteiger partial charge in [0.15, 0.2) is 5.69 Å². The van der Waals surface area contributed by atoms with Gasteiger partial charge in [-0.25, -0.2) is 14.3 Å². The monoisotopic (exact) mass is 421 g/mol. The molecule has 2 aromatic carbocycles. The fourth-order valence-corrected chi connectivity index (χ4v) is 4.02. The zero-order valence-corrected chi connectivity index (χ0v) is 16.2. The molecule has 0 aliphatic heterocycles. The summed E-state index contributed by atoms with van der Waals surface area (Å²) >= 11 is 1.17. The molecule has 1 N–H and O–H groups in total. The highest BCUT2D eigenvalue weighted by molar-refractivity contribution is 7.13. The van der Waals surface area contributed by atoms with Crippen LogP contribution in [0.1, 0.15) is 0 Å². The number of para-hydroxylation sites is 2. The largest absolute Gasteiger partial charge is 0.337 e. The molecular weight excluding hydrogens is 409 g/mol. The molecule has 0 fully saturated rings. The zero-order chi connectivity index (χ0) is 21.0. The van der Waals surface area contributed by atoms with Crippen LogP contribution in [0.3, 0.4) is 0 Å². The molecule has 3 heterocycles. The minimum Gasteiger partial charge on any atom is -0.319 e. The highest BCUT2D eigenvalue weighted by Gasteiger charge is 2.17. The highest BCUT2D eigenvalue weighted by atomic mass is 32.1. The van der Waals surface area contributed by atoms with Crippen molar-refractivity contribution in [3.8, 4) is 17.1 Å². The molecule has 0 saturated carbocycles. The second-order valence-corrected chi connectivity index (χ2v) is 7.43. The maximum absolute atomic E-state index is 13.7. The van der Waals surface area contributed by atoms with Crippen molar-refractivity contribution >= 4 is 32.7 Å². The van der Waals surface area contributed by atoms with Gasteiger partial charge >= 0.3 is 5.69 Å². The molecule has 0 bridgehead atoms. The van der Waals surface area contributed by atoms with Crippen LogP contribution in [0.2, 0.25) is 0 Å². The first-order valence-electron chi connectivity index (χ1n) is 8.82. The summed E-state index contributed by atoms with van der Waals surface area (Å²) in [5, 5.41) is 0.559. The third-order valence-corrected chi connectivity index (χ3v) is 5.62. The number of benzene rings is 2. The van der Waals surface area contributed by atoms with E-state index in [-0.39, 0.29) is 11.4 Å². The van der Waals surface area contributed by atoms with E-state index in [9.17, 15) is 18.8 Å². The molecule has 8 nitrogen and oxygen atoms in total. The summed E-state index contributed by atoms with van der Waals surface area (Å²) in [7, 11) is 1.24. The van der Waals surface area contributed by atoms with Crippen molar-refractivity contribution in [3.05, 3.63) is 85.7 Å². The smallest absolute Gasteiger partial charge is 0.319 e. The van der Waals surface area contributed by atoms with E-state index in [0.717, 1.165) is 19.9 Å². The molecule has 0 spiro atoms. The number of nitrogens with one attached hydrogen (secondary N) is 1. The van der Waals surface area contributed by atoms with Gasteiger partial charge in [-0.05, 0) is 41.9 Å². The lowest BCUT2D eigenvalue weighted by atomic mass is 10.1. The SMILES string of the molecule is Cn1c(F)cc(=O)n(-c2ccc3snc(-c4nc5ccccc5[nH]c4=O)c3c2)c1=O. The van der Waals surface area contributed by atoms with E-state index in [1.807, 2.05) is 6.07 Å². The van der Waals surface area contributed by atoms with Crippen molar-refractivity contribution in [1.82, 2.24) is 23.5 Å². The standard InChI is InChI=1S/C20H12FN5O3S/c1-25-15(21)9-16(27)26(20(25)29)10-6-7-14-11(8-10)17(24-30-14)18-19(28)23-13-5-3-2-4-12(13)22-18/h2-9H,1H3,(H,23,28). The van der Waals surface area contributed by atoms with Gasteiger partial charge in [0, 0.05) is 12.4 Å². The molecular formula is C20H12FN5O3S. The third kappa shape index (κ3) is 2.69. The van der Waals surface area contributed by atoms with Crippen LogP contribution in [0, 0.1) is 5.95 Å². The molecule has 5 aromatic rings. The van der Waals surface area contributed by atoms with Crippen LogP contribution < -0.4 is 16.8 Å². The predicted octanol–water partition coefficient (Wildman–Crippen LogP) is 2.19. The van der Waals surface area contributed by atoms with Crippen LogP contribution in [0.15, 0.2) is 62.9 Å². The second kappa shape index (κ2) is 6.56. The van der Waals surface area contributed by atoms with Crippen molar-refractivity contribution < 1.29 is 4.39 Å². The van der Waals surface area contributed by atoms with E-state index in [2.05, 4.69) is 14.3 Å². The molecule has 0 saturated heterocycles. The molecule has 0 unspecified atom stereocenters. The molecule has 0 atom stereocenters. The lowest BCUT2D eigenvalue weighted by molar-refractivity contribution is 0.494. The van der Waals surface area contributed by atoms with Gasteiger partial charge in [-0.15, -0.1) is 0 Å². The molecule has 3 aromatic heterocycles. The minimum atomic E-state index is -0.924. The molecule has 0 radical (unpaired) electrons. The fourth-order valence-electron chi connectivity index (χ4n) is 3.26. The Hall–Kier alpha value is -3.92. The van der Waals surface area contributed by atoms with Gasteiger partial charge in [0.25, 0.3) is 11.1 Å². The van der Waals surface area contributed by atoms with Crippen molar-refractivity contribution in [2.24, 2.45) is 7.05 Å². The number of aromatic amines is 1. The fraction of sp³-hybridized carbons (Fsp3) is 0.0500. The van der Waals surface area contributed by atoms with Crippen molar-refractivity contribution in [2.75, 3.05) is 0 Å². The van der Waals surface area contributed by atoms with E-state index in [1.165, 1.54) is 18.6 Å². The van der Waals surface area contributed by atoms with Crippen LogP contribution in [0.5, 0.6) is 0 Å².